The van der Waals surface area contributed by atoms with Gasteiger partial charge in [-0.2, -0.15) is 0 Å². The molecule has 15 heavy (non-hydrogen) atoms. The topological polar surface area (TPSA) is 18.5 Å². The average molecular weight is 228 g/mol. The Morgan fingerprint density at radius 1 is 1.33 bits per heavy atom. The highest BCUT2D eigenvalue weighted by atomic mass is 28.4. The van der Waals surface area contributed by atoms with E-state index in [1.807, 2.05) is 0 Å². The summed E-state index contributed by atoms with van der Waals surface area (Å²) < 4.78 is 11.6. The van der Waals surface area contributed by atoms with Gasteiger partial charge in [-0.15, -0.1) is 0 Å². The van der Waals surface area contributed by atoms with Gasteiger partial charge in [-0.25, -0.2) is 0 Å². The lowest BCUT2D eigenvalue weighted by atomic mass is 10.2. The fourth-order valence-corrected chi connectivity index (χ4v) is 2.41. The molecule has 0 radical (unpaired) electrons. The van der Waals surface area contributed by atoms with Gasteiger partial charge >= 0.3 is 0 Å². The molecule has 0 amide bonds. The summed E-state index contributed by atoms with van der Waals surface area (Å²) in [6.07, 6.45) is 4.22. The normalized spacial score (nSPS) is 19.4. The molecule has 0 fully saturated rings. The zero-order valence-corrected chi connectivity index (χ0v) is 11.7. The summed E-state index contributed by atoms with van der Waals surface area (Å²) in [4.78, 5) is 0. The van der Waals surface area contributed by atoms with Crippen molar-refractivity contribution in [3.8, 4) is 0 Å². The third-order valence-electron chi connectivity index (χ3n) is 3.33. The summed E-state index contributed by atoms with van der Waals surface area (Å²) in [5.74, 6) is 1.15. The van der Waals surface area contributed by atoms with Crippen LogP contribution in [0.3, 0.4) is 0 Å². The largest absolute Gasteiger partial charge is 0.547 e. The molecule has 1 rings (SSSR count). The first kappa shape index (κ1) is 12.8. The van der Waals surface area contributed by atoms with Gasteiger partial charge in [0.2, 0.25) is 8.32 Å². The van der Waals surface area contributed by atoms with Crippen molar-refractivity contribution in [1.82, 2.24) is 0 Å². The van der Waals surface area contributed by atoms with Crippen LogP contribution in [-0.4, -0.2) is 21.5 Å². The van der Waals surface area contributed by atoms with Gasteiger partial charge in [0.05, 0.1) is 12.4 Å². The molecule has 0 saturated carbocycles. The Kier molecular flexibility index (Phi) is 4.01. The van der Waals surface area contributed by atoms with Gasteiger partial charge < -0.3 is 9.16 Å². The molecule has 3 heteroatoms. The predicted octanol–water partition coefficient (Wildman–Crippen LogP) is 3.70. The van der Waals surface area contributed by atoms with E-state index in [-0.39, 0.29) is 5.04 Å². The van der Waals surface area contributed by atoms with Crippen molar-refractivity contribution >= 4 is 8.32 Å². The lowest BCUT2D eigenvalue weighted by molar-refractivity contribution is 0.165. The van der Waals surface area contributed by atoms with Crippen molar-refractivity contribution in [1.29, 1.82) is 0 Å². The summed E-state index contributed by atoms with van der Waals surface area (Å²) in [7, 11) is -1.64. The predicted molar refractivity (Wildman–Crippen MR) is 66.4 cm³/mol. The number of rotatable bonds is 2. The SMILES string of the molecule is CC(C)(C)[Si](C)(C)OC1=CCOCCC1. The fraction of sp³-hybridized carbons (Fsp3) is 0.833. The van der Waals surface area contributed by atoms with Crippen LogP contribution >= 0.6 is 0 Å². The Labute approximate surface area is 94.8 Å². The third kappa shape index (κ3) is 3.65. The summed E-state index contributed by atoms with van der Waals surface area (Å²) in [6, 6.07) is 0. The van der Waals surface area contributed by atoms with E-state index in [1.165, 1.54) is 0 Å². The summed E-state index contributed by atoms with van der Waals surface area (Å²) in [5, 5.41) is 0.279. The Hall–Kier alpha value is -0.283. The highest BCUT2D eigenvalue weighted by Crippen LogP contribution is 2.38. The number of hydrogen-bond donors (Lipinski definition) is 0. The molecule has 0 aromatic rings. The van der Waals surface area contributed by atoms with Crippen LogP contribution in [0.1, 0.15) is 33.6 Å². The molecule has 0 aromatic heterocycles. The van der Waals surface area contributed by atoms with Gasteiger partial charge in [0.25, 0.3) is 0 Å². The van der Waals surface area contributed by atoms with Gasteiger partial charge in [-0.1, -0.05) is 20.8 Å². The Morgan fingerprint density at radius 3 is 2.60 bits per heavy atom. The second-order valence-corrected chi connectivity index (χ2v) is 10.4. The minimum Gasteiger partial charge on any atom is -0.547 e. The van der Waals surface area contributed by atoms with Gasteiger partial charge in [-0.05, 0) is 30.6 Å². The highest BCUT2D eigenvalue weighted by Gasteiger charge is 2.39. The maximum Gasteiger partial charge on any atom is 0.250 e. The second kappa shape index (κ2) is 4.70. The molecule has 2 nitrogen and oxygen atoms in total. The molecule has 1 aliphatic heterocycles. The lowest BCUT2D eigenvalue weighted by Gasteiger charge is -2.37. The van der Waals surface area contributed by atoms with Crippen molar-refractivity contribution < 1.29 is 9.16 Å². The Morgan fingerprint density at radius 2 is 2.00 bits per heavy atom. The van der Waals surface area contributed by atoms with Gasteiger partial charge in [0.15, 0.2) is 0 Å². The number of hydrogen-bond acceptors (Lipinski definition) is 2. The third-order valence-corrected chi connectivity index (χ3v) is 7.72. The molecule has 1 heterocycles. The summed E-state index contributed by atoms with van der Waals surface area (Å²) >= 11 is 0. The van der Waals surface area contributed by atoms with Crippen LogP contribution in [0, 0.1) is 0 Å². The molecule has 88 valence electrons. The molecule has 0 saturated heterocycles. The first-order chi connectivity index (χ1) is 6.83. The van der Waals surface area contributed by atoms with Crippen molar-refractivity contribution in [3.05, 3.63) is 11.8 Å². The first-order valence-electron chi connectivity index (χ1n) is 5.79. The molecule has 0 spiro atoms. The van der Waals surface area contributed by atoms with Crippen LogP contribution in [0.15, 0.2) is 11.8 Å². The van der Waals surface area contributed by atoms with E-state index in [9.17, 15) is 0 Å². The number of ether oxygens (including phenoxy) is 1. The van der Waals surface area contributed by atoms with E-state index in [2.05, 4.69) is 39.9 Å². The van der Waals surface area contributed by atoms with Crippen molar-refractivity contribution in [3.63, 3.8) is 0 Å². The van der Waals surface area contributed by atoms with E-state index < -0.39 is 8.32 Å². The van der Waals surface area contributed by atoms with Crippen LogP contribution in [0.5, 0.6) is 0 Å². The second-order valence-electron chi connectivity index (χ2n) is 5.71. The minimum atomic E-state index is -1.64. The molecular weight excluding hydrogens is 204 g/mol. The van der Waals surface area contributed by atoms with Crippen molar-refractivity contribution in [2.75, 3.05) is 13.2 Å². The molecule has 0 aromatic carbocycles. The molecule has 0 N–H and O–H groups in total. The zero-order chi connectivity index (χ0) is 11.5. The summed E-state index contributed by atoms with van der Waals surface area (Å²) in [6.45, 7) is 13.0. The van der Waals surface area contributed by atoms with Crippen LogP contribution < -0.4 is 0 Å². The quantitative estimate of drug-likeness (QED) is 0.671. The maximum atomic E-state index is 6.24. The fourth-order valence-electron chi connectivity index (χ4n) is 1.26. The van der Waals surface area contributed by atoms with E-state index in [4.69, 9.17) is 9.16 Å². The lowest BCUT2D eigenvalue weighted by Crippen LogP contribution is -2.40. The summed E-state index contributed by atoms with van der Waals surface area (Å²) in [5.41, 5.74) is 0. The maximum absolute atomic E-state index is 6.24. The van der Waals surface area contributed by atoms with E-state index in [1.54, 1.807) is 0 Å². The average Bonchev–Trinajstić information content (AvgIpc) is 2.30. The standard InChI is InChI=1S/C12H24O2Si/c1-12(2,3)15(4,5)14-11-7-6-9-13-10-8-11/h8H,6-7,9-10H2,1-5H3. The Bertz CT molecular complexity index is 238. The monoisotopic (exact) mass is 228 g/mol. The van der Waals surface area contributed by atoms with Crippen LogP contribution in [-0.2, 0) is 9.16 Å². The number of allylic oxidation sites excluding steroid dienone is 1. The smallest absolute Gasteiger partial charge is 0.250 e. The van der Waals surface area contributed by atoms with Crippen LogP contribution in [0.25, 0.3) is 0 Å². The van der Waals surface area contributed by atoms with Crippen LogP contribution in [0.4, 0.5) is 0 Å². The molecule has 0 bridgehead atoms. The van der Waals surface area contributed by atoms with E-state index in [0.29, 0.717) is 6.61 Å². The van der Waals surface area contributed by atoms with Gasteiger partial charge in [0, 0.05) is 13.0 Å². The molecular formula is C12H24O2Si. The Balaban J connectivity index is 2.63. The highest BCUT2D eigenvalue weighted by molar-refractivity contribution is 6.74. The molecule has 1 aliphatic rings. The van der Waals surface area contributed by atoms with Gasteiger partial charge in [-0.3, -0.25) is 0 Å². The molecule has 0 unspecified atom stereocenters. The van der Waals surface area contributed by atoms with Gasteiger partial charge in [0.1, 0.15) is 0 Å². The molecule has 0 aliphatic carbocycles. The van der Waals surface area contributed by atoms with Crippen molar-refractivity contribution in [2.24, 2.45) is 0 Å². The van der Waals surface area contributed by atoms with Crippen LogP contribution in [0.2, 0.25) is 18.1 Å². The van der Waals surface area contributed by atoms with Crippen molar-refractivity contribution in [2.45, 2.75) is 51.7 Å². The zero-order valence-electron chi connectivity index (χ0n) is 10.7. The van der Waals surface area contributed by atoms with E-state index >= 15 is 0 Å². The minimum absolute atomic E-state index is 0.279. The first-order valence-corrected chi connectivity index (χ1v) is 8.69. The van der Waals surface area contributed by atoms with E-state index in [0.717, 1.165) is 25.2 Å². The molecule has 0 atom stereocenters.